The molecule has 0 aliphatic carbocycles. The Balaban J connectivity index is 3.82. The molecule has 0 bridgehead atoms. The van der Waals surface area contributed by atoms with Crippen LogP contribution in [0, 0.1) is 5.92 Å². The molecule has 5 heteroatoms. The van der Waals surface area contributed by atoms with E-state index in [2.05, 4.69) is 5.32 Å². The maximum Gasteiger partial charge on any atom is 0.239 e. The summed E-state index contributed by atoms with van der Waals surface area (Å²) in [5.74, 6) is 0.308. The fourth-order valence-corrected chi connectivity index (χ4v) is 1.44. The van der Waals surface area contributed by atoms with Crippen LogP contribution in [0.25, 0.3) is 0 Å². The van der Waals surface area contributed by atoms with Gasteiger partial charge in [0.05, 0.1) is 6.54 Å². The number of amides is 2. The lowest BCUT2D eigenvalue weighted by atomic mass is 10.1. The van der Waals surface area contributed by atoms with Gasteiger partial charge in [-0.25, -0.2) is 0 Å². The number of rotatable bonds is 8. The monoisotopic (exact) mass is 257 g/mol. The molecule has 0 heterocycles. The molecule has 0 aromatic carbocycles. The highest BCUT2D eigenvalue weighted by molar-refractivity contribution is 5.84. The molecule has 0 aromatic rings. The molecule has 3 N–H and O–H groups in total. The lowest BCUT2D eigenvalue weighted by Crippen LogP contribution is -2.39. The van der Waals surface area contributed by atoms with Crippen molar-refractivity contribution in [1.29, 1.82) is 0 Å². The van der Waals surface area contributed by atoms with E-state index in [9.17, 15) is 9.59 Å². The quantitative estimate of drug-likeness (QED) is 0.673. The van der Waals surface area contributed by atoms with E-state index in [1.807, 2.05) is 20.8 Å². The number of nitrogens with two attached hydrogens (primary N) is 1. The van der Waals surface area contributed by atoms with Gasteiger partial charge in [0.2, 0.25) is 11.8 Å². The molecule has 106 valence electrons. The van der Waals surface area contributed by atoms with Crippen LogP contribution in [-0.2, 0) is 9.59 Å². The highest BCUT2D eigenvalue weighted by Crippen LogP contribution is 2.01. The lowest BCUT2D eigenvalue weighted by molar-refractivity contribution is -0.134. The second-order valence-electron chi connectivity index (χ2n) is 5.32. The molecular formula is C13H27N3O2. The van der Waals surface area contributed by atoms with Crippen molar-refractivity contribution in [2.75, 3.05) is 20.1 Å². The van der Waals surface area contributed by atoms with Crippen LogP contribution in [0.1, 0.15) is 40.0 Å². The van der Waals surface area contributed by atoms with Crippen molar-refractivity contribution < 1.29 is 9.59 Å². The first kappa shape index (κ1) is 16.9. The van der Waals surface area contributed by atoms with E-state index in [1.165, 1.54) is 4.90 Å². The van der Waals surface area contributed by atoms with E-state index in [0.29, 0.717) is 18.9 Å². The van der Waals surface area contributed by atoms with Crippen molar-refractivity contribution in [3.63, 3.8) is 0 Å². The van der Waals surface area contributed by atoms with Gasteiger partial charge in [-0.2, -0.15) is 0 Å². The maximum atomic E-state index is 11.7. The lowest BCUT2D eigenvalue weighted by Gasteiger charge is -2.17. The minimum absolute atomic E-state index is 0.00431. The Kier molecular flexibility index (Phi) is 8.37. The summed E-state index contributed by atoms with van der Waals surface area (Å²) in [6, 6.07) is 0.123. The third kappa shape index (κ3) is 8.98. The summed E-state index contributed by atoms with van der Waals surface area (Å²) in [4.78, 5) is 24.7. The zero-order chi connectivity index (χ0) is 14.1. The van der Waals surface area contributed by atoms with E-state index in [0.717, 1.165) is 12.8 Å². The van der Waals surface area contributed by atoms with Crippen LogP contribution < -0.4 is 11.1 Å². The molecule has 0 spiro atoms. The molecule has 0 aliphatic rings. The number of nitrogens with one attached hydrogen (secondary N) is 1. The molecule has 0 saturated heterocycles. The summed E-state index contributed by atoms with van der Waals surface area (Å²) in [7, 11) is 1.66. The van der Waals surface area contributed by atoms with Gasteiger partial charge >= 0.3 is 0 Å². The van der Waals surface area contributed by atoms with Crippen LogP contribution in [0.5, 0.6) is 0 Å². The van der Waals surface area contributed by atoms with Crippen molar-refractivity contribution in [2.24, 2.45) is 11.7 Å². The smallest absolute Gasteiger partial charge is 0.239 e. The van der Waals surface area contributed by atoms with Crippen LogP contribution >= 0.6 is 0 Å². The minimum atomic E-state index is -0.105. The zero-order valence-electron chi connectivity index (χ0n) is 12.0. The third-order valence-electron chi connectivity index (χ3n) is 2.56. The largest absolute Gasteiger partial charge is 0.354 e. The van der Waals surface area contributed by atoms with E-state index < -0.39 is 0 Å². The Morgan fingerprint density at radius 1 is 1.28 bits per heavy atom. The average molecular weight is 257 g/mol. The summed E-state index contributed by atoms with van der Waals surface area (Å²) in [6.45, 7) is 6.76. The van der Waals surface area contributed by atoms with E-state index in [4.69, 9.17) is 5.73 Å². The Morgan fingerprint density at radius 3 is 2.39 bits per heavy atom. The third-order valence-corrected chi connectivity index (χ3v) is 2.56. The molecule has 0 rings (SSSR count). The van der Waals surface area contributed by atoms with Crippen molar-refractivity contribution >= 4 is 11.8 Å². The Hall–Kier alpha value is -1.10. The molecule has 1 atom stereocenters. The first-order chi connectivity index (χ1) is 8.32. The predicted molar refractivity (Wildman–Crippen MR) is 73.0 cm³/mol. The Bertz CT molecular complexity index is 265. The SMILES string of the molecule is CC(C)CNC(=O)CN(C)C(=O)CCCC(C)N. The van der Waals surface area contributed by atoms with Gasteiger partial charge in [0.1, 0.15) is 0 Å². The Labute approximate surface area is 110 Å². The summed E-state index contributed by atoms with van der Waals surface area (Å²) in [5.41, 5.74) is 5.61. The normalized spacial score (nSPS) is 12.3. The topological polar surface area (TPSA) is 75.4 Å². The second-order valence-corrected chi connectivity index (χ2v) is 5.32. The fourth-order valence-electron chi connectivity index (χ4n) is 1.44. The zero-order valence-corrected chi connectivity index (χ0v) is 12.0. The van der Waals surface area contributed by atoms with Crippen molar-refractivity contribution in [3.8, 4) is 0 Å². The predicted octanol–water partition coefficient (Wildman–Crippen LogP) is 0.735. The number of carbonyl (C=O) groups is 2. The maximum absolute atomic E-state index is 11.7. The summed E-state index contributed by atoms with van der Waals surface area (Å²) in [6.07, 6.45) is 2.06. The standard InChI is InChI=1S/C13H27N3O2/c1-10(2)8-15-12(17)9-16(4)13(18)7-5-6-11(3)14/h10-11H,5-9,14H2,1-4H3,(H,15,17). The van der Waals surface area contributed by atoms with Gasteiger partial charge in [0.15, 0.2) is 0 Å². The highest BCUT2D eigenvalue weighted by atomic mass is 16.2. The van der Waals surface area contributed by atoms with Gasteiger partial charge in [-0.15, -0.1) is 0 Å². The van der Waals surface area contributed by atoms with Gasteiger partial charge < -0.3 is 16.0 Å². The van der Waals surface area contributed by atoms with E-state index in [1.54, 1.807) is 7.05 Å². The van der Waals surface area contributed by atoms with Gasteiger partial charge in [-0.3, -0.25) is 9.59 Å². The summed E-state index contributed by atoms with van der Waals surface area (Å²) in [5, 5.41) is 2.79. The summed E-state index contributed by atoms with van der Waals surface area (Å²) >= 11 is 0. The van der Waals surface area contributed by atoms with Crippen LogP contribution in [0.15, 0.2) is 0 Å². The van der Waals surface area contributed by atoms with E-state index >= 15 is 0 Å². The van der Waals surface area contributed by atoms with Crippen molar-refractivity contribution in [2.45, 2.75) is 46.1 Å². The molecule has 1 unspecified atom stereocenters. The molecule has 0 saturated carbocycles. The highest BCUT2D eigenvalue weighted by Gasteiger charge is 2.12. The van der Waals surface area contributed by atoms with Crippen LogP contribution in [0.4, 0.5) is 0 Å². The number of carbonyl (C=O) groups excluding carboxylic acids is 2. The second kappa shape index (κ2) is 8.91. The van der Waals surface area contributed by atoms with Crippen molar-refractivity contribution in [1.82, 2.24) is 10.2 Å². The van der Waals surface area contributed by atoms with Crippen LogP contribution in [-0.4, -0.2) is 42.9 Å². The minimum Gasteiger partial charge on any atom is -0.354 e. The molecular weight excluding hydrogens is 230 g/mol. The fraction of sp³-hybridized carbons (Fsp3) is 0.846. The van der Waals surface area contributed by atoms with E-state index in [-0.39, 0.29) is 24.4 Å². The average Bonchev–Trinajstić information content (AvgIpc) is 2.25. The first-order valence-electron chi connectivity index (χ1n) is 6.59. The molecule has 18 heavy (non-hydrogen) atoms. The number of likely N-dealkylation sites (N-methyl/N-ethyl adjacent to an activating group) is 1. The van der Waals surface area contributed by atoms with Gasteiger partial charge in [0, 0.05) is 26.1 Å². The summed E-state index contributed by atoms with van der Waals surface area (Å²) < 4.78 is 0. The van der Waals surface area contributed by atoms with Gasteiger partial charge in [0.25, 0.3) is 0 Å². The molecule has 2 amide bonds. The van der Waals surface area contributed by atoms with Crippen molar-refractivity contribution in [3.05, 3.63) is 0 Å². The molecule has 5 nitrogen and oxygen atoms in total. The molecule has 0 aromatic heterocycles. The number of nitrogens with zero attached hydrogens (tertiary/aromatic N) is 1. The van der Waals surface area contributed by atoms with Crippen LogP contribution in [0.3, 0.4) is 0 Å². The van der Waals surface area contributed by atoms with Crippen LogP contribution in [0.2, 0.25) is 0 Å². The molecule has 0 aliphatic heterocycles. The number of hydrogen-bond donors (Lipinski definition) is 2. The molecule has 0 fully saturated rings. The van der Waals surface area contributed by atoms with Gasteiger partial charge in [-0.1, -0.05) is 13.8 Å². The van der Waals surface area contributed by atoms with Gasteiger partial charge in [-0.05, 0) is 25.7 Å². The number of hydrogen-bond acceptors (Lipinski definition) is 3. The Morgan fingerprint density at radius 2 is 1.89 bits per heavy atom. The molecule has 0 radical (unpaired) electrons. The first-order valence-corrected chi connectivity index (χ1v) is 6.59.